The molecular weight excluding hydrogens is 542 g/mol. The number of halogens is 4. The summed E-state index contributed by atoms with van der Waals surface area (Å²) in [4.78, 5) is 3.63. The van der Waals surface area contributed by atoms with Crippen LogP contribution in [0.2, 0.25) is 0 Å². The Morgan fingerprint density at radius 3 is 2.38 bits per heavy atom. The molecular formula is C34H39F4N3O. The van der Waals surface area contributed by atoms with Crippen LogP contribution in [0.3, 0.4) is 0 Å². The van der Waals surface area contributed by atoms with E-state index in [9.17, 15) is 8.78 Å². The van der Waals surface area contributed by atoms with Gasteiger partial charge in [0.25, 0.3) is 5.92 Å². The van der Waals surface area contributed by atoms with Crippen LogP contribution in [0.1, 0.15) is 61.4 Å². The van der Waals surface area contributed by atoms with E-state index in [0.29, 0.717) is 30.0 Å². The van der Waals surface area contributed by atoms with Crippen LogP contribution in [0.25, 0.3) is 0 Å². The first-order valence-corrected chi connectivity index (χ1v) is 15.0. The molecule has 2 atom stereocenters. The second-order valence-corrected chi connectivity index (χ2v) is 12.6. The average molecular weight is 582 g/mol. The van der Waals surface area contributed by atoms with E-state index in [2.05, 4.69) is 10.2 Å². The van der Waals surface area contributed by atoms with Gasteiger partial charge in [-0.25, -0.2) is 17.6 Å². The van der Waals surface area contributed by atoms with Crippen LogP contribution in [0, 0.1) is 17.0 Å². The van der Waals surface area contributed by atoms with Crippen molar-refractivity contribution in [1.82, 2.24) is 10.2 Å². The first kappa shape index (κ1) is 29.0. The highest BCUT2D eigenvalue weighted by Crippen LogP contribution is 2.45. The number of fused-ring (bicyclic) bond motifs is 1. The van der Waals surface area contributed by atoms with Crippen molar-refractivity contribution in [2.45, 2.75) is 64.1 Å². The molecule has 42 heavy (non-hydrogen) atoms. The molecule has 2 fully saturated rings. The highest BCUT2D eigenvalue weighted by Gasteiger charge is 2.42. The minimum atomic E-state index is -3.03. The van der Waals surface area contributed by atoms with Crippen molar-refractivity contribution in [3.8, 4) is 5.75 Å². The Morgan fingerprint density at radius 1 is 0.976 bits per heavy atom. The van der Waals surface area contributed by atoms with E-state index in [-0.39, 0.29) is 17.0 Å². The molecule has 4 nitrogen and oxygen atoms in total. The van der Waals surface area contributed by atoms with E-state index >= 15 is 8.78 Å². The summed E-state index contributed by atoms with van der Waals surface area (Å²) in [5, 5.41) is 3.40. The van der Waals surface area contributed by atoms with Crippen molar-refractivity contribution in [3.63, 3.8) is 0 Å². The quantitative estimate of drug-likeness (QED) is 0.301. The van der Waals surface area contributed by atoms with Gasteiger partial charge in [-0.3, -0.25) is 4.90 Å². The first-order chi connectivity index (χ1) is 20.1. The molecule has 1 N–H and O–H groups in total. The summed E-state index contributed by atoms with van der Waals surface area (Å²) >= 11 is 0. The Morgan fingerprint density at radius 2 is 1.69 bits per heavy atom. The minimum Gasteiger partial charge on any atom is -0.489 e. The summed E-state index contributed by atoms with van der Waals surface area (Å²) in [6.07, 6.45) is 3.58. The number of ether oxygens (including phenoxy) is 1. The number of nitrogens with one attached hydrogen (secondary N) is 1. The van der Waals surface area contributed by atoms with Gasteiger partial charge >= 0.3 is 0 Å². The van der Waals surface area contributed by atoms with Crippen LogP contribution < -0.4 is 15.0 Å². The van der Waals surface area contributed by atoms with Gasteiger partial charge in [-0.15, -0.1) is 0 Å². The van der Waals surface area contributed by atoms with Crippen LogP contribution in [-0.4, -0.2) is 49.6 Å². The van der Waals surface area contributed by atoms with Crippen molar-refractivity contribution in [3.05, 3.63) is 94.6 Å². The number of benzene rings is 3. The normalized spacial score (nSPS) is 22.4. The predicted octanol–water partition coefficient (Wildman–Crippen LogP) is 7.11. The summed E-state index contributed by atoms with van der Waals surface area (Å²) in [5.74, 6) is -3.80. The number of anilines is 1. The van der Waals surface area contributed by atoms with E-state index in [1.54, 1.807) is 17.0 Å². The summed E-state index contributed by atoms with van der Waals surface area (Å²) in [6, 6.07) is 16.7. The topological polar surface area (TPSA) is 27.7 Å². The fourth-order valence-electron chi connectivity index (χ4n) is 7.15. The molecule has 0 radical (unpaired) electrons. The minimum absolute atomic E-state index is 0.176. The van der Waals surface area contributed by atoms with Crippen LogP contribution in [-0.2, 0) is 13.0 Å². The lowest BCUT2D eigenvalue weighted by atomic mass is 9.78. The smallest absolute Gasteiger partial charge is 0.257 e. The molecule has 3 aromatic rings. The van der Waals surface area contributed by atoms with Crippen LogP contribution >= 0.6 is 0 Å². The number of alkyl halides is 2. The van der Waals surface area contributed by atoms with Gasteiger partial charge in [-0.1, -0.05) is 36.4 Å². The standard InChI is InChI=1S/C34H39F4N3O/c1-23-16-25-17-27(42-20-24-6-4-3-5-7-24)8-9-28(25)32(41(23)21-33(2,37)38)31-29(35)18-26(19-30(31)36)40-15-12-34(22-40)10-13-39-14-11-34/h3-9,17-19,23,32,39H,10-16,20-22H2,1-2H3/t23-,32?/m1/s1. The Kier molecular flexibility index (Phi) is 7.96. The van der Waals surface area contributed by atoms with Gasteiger partial charge in [-0.05, 0) is 92.1 Å². The maximum Gasteiger partial charge on any atom is 0.257 e. The number of hydrogen-bond donors (Lipinski definition) is 1. The maximum atomic E-state index is 16.1. The lowest BCUT2D eigenvalue weighted by Gasteiger charge is -2.43. The van der Waals surface area contributed by atoms with E-state index < -0.39 is 30.1 Å². The van der Waals surface area contributed by atoms with Gasteiger partial charge in [-0.2, -0.15) is 0 Å². The molecule has 0 bridgehead atoms. The van der Waals surface area contributed by atoms with E-state index in [0.717, 1.165) is 63.5 Å². The van der Waals surface area contributed by atoms with Crippen molar-refractivity contribution in [2.75, 3.05) is 37.6 Å². The van der Waals surface area contributed by atoms with E-state index in [1.807, 2.05) is 43.3 Å². The fourth-order valence-corrected chi connectivity index (χ4v) is 7.15. The Labute approximate surface area is 245 Å². The number of rotatable bonds is 7. The molecule has 224 valence electrons. The van der Waals surface area contributed by atoms with E-state index in [4.69, 9.17) is 4.74 Å². The van der Waals surface area contributed by atoms with Crippen LogP contribution in [0.5, 0.6) is 5.75 Å². The lowest BCUT2D eigenvalue weighted by molar-refractivity contribution is -0.0371. The van der Waals surface area contributed by atoms with Gasteiger partial charge in [0.1, 0.15) is 24.0 Å². The summed E-state index contributed by atoms with van der Waals surface area (Å²) in [5.41, 5.74) is 3.02. The molecule has 3 aromatic carbocycles. The van der Waals surface area contributed by atoms with Crippen molar-refractivity contribution < 1.29 is 22.3 Å². The summed E-state index contributed by atoms with van der Waals surface area (Å²) in [7, 11) is 0. The Hall–Kier alpha value is -3.10. The molecule has 0 aliphatic carbocycles. The third-order valence-corrected chi connectivity index (χ3v) is 9.34. The second kappa shape index (κ2) is 11.5. The molecule has 2 saturated heterocycles. The number of hydrogen-bond acceptors (Lipinski definition) is 4. The largest absolute Gasteiger partial charge is 0.489 e. The van der Waals surface area contributed by atoms with Crippen molar-refractivity contribution >= 4 is 5.69 Å². The Balaban J connectivity index is 1.33. The molecule has 3 heterocycles. The lowest BCUT2D eigenvalue weighted by Crippen LogP contribution is -2.48. The molecule has 1 spiro atoms. The predicted molar refractivity (Wildman–Crippen MR) is 157 cm³/mol. The van der Waals surface area contributed by atoms with Gasteiger partial charge in [0.15, 0.2) is 0 Å². The highest BCUT2D eigenvalue weighted by molar-refractivity contribution is 5.53. The molecule has 0 saturated carbocycles. The third-order valence-electron chi connectivity index (χ3n) is 9.34. The zero-order valence-electron chi connectivity index (χ0n) is 24.3. The van der Waals surface area contributed by atoms with Crippen LogP contribution in [0.15, 0.2) is 60.7 Å². The van der Waals surface area contributed by atoms with Gasteiger partial charge in [0.2, 0.25) is 0 Å². The zero-order chi connectivity index (χ0) is 29.5. The molecule has 3 aliphatic rings. The molecule has 8 heteroatoms. The summed E-state index contributed by atoms with van der Waals surface area (Å²) in [6.45, 7) is 5.92. The number of nitrogens with zero attached hydrogens (tertiary/aromatic N) is 2. The molecule has 1 unspecified atom stereocenters. The molecule has 3 aliphatic heterocycles. The van der Waals surface area contributed by atoms with Gasteiger partial charge in [0.05, 0.1) is 12.6 Å². The first-order valence-electron chi connectivity index (χ1n) is 15.0. The average Bonchev–Trinajstić information content (AvgIpc) is 3.36. The molecule has 0 amide bonds. The monoisotopic (exact) mass is 581 g/mol. The van der Waals surface area contributed by atoms with Crippen LogP contribution in [0.4, 0.5) is 23.2 Å². The number of piperidine rings is 1. The molecule has 0 aromatic heterocycles. The van der Waals surface area contributed by atoms with Crippen molar-refractivity contribution in [2.24, 2.45) is 5.41 Å². The zero-order valence-corrected chi connectivity index (χ0v) is 24.3. The van der Waals surface area contributed by atoms with Crippen molar-refractivity contribution in [1.29, 1.82) is 0 Å². The van der Waals surface area contributed by atoms with E-state index in [1.165, 1.54) is 12.1 Å². The summed E-state index contributed by atoms with van der Waals surface area (Å²) < 4.78 is 67.1. The fraction of sp³-hybridized carbons (Fsp3) is 0.471. The highest BCUT2D eigenvalue weighted by atomic mass is 19.3. The second-order valence-electron chi connectivity index (χ2n) is 12.6. The Bertz CT molecular complexity index is 1380. The maximum absolute atomic E-state index is 16.1. The van der Waals surface area contributed by atoms with Gasteiger partial charge < -0.3 is 15.0 Å². The van der Waals surface area contributed by atoms with Gasteiger partial charge in [0, 0.05) is 37.3 Å². The third kappa shape index (κ3) is 6.02. The SMILES string of the molecule is C[C@@H]1Cc2cc(OCc3ccccc3)ccc2C(c2c(F)cc(N3CCC4(CCNCC4)C3)cc2F)N1CC(C)(F)F. The molecule has 6 rings (SSSR count).